The summed E-state index contributed by atoms with van der Waals surface area (Å²) in [5, 5.41) is 11.4. The molecule has 11 heteroatoms. The first-order valence-corrected chi connectivity index (χ1v) is 10.2. The summed E-state index contributed by atoms with van der Waals surface area (Å²) in [6.45, 7) is 3.47. The van der Waals surface area contributed by atoms with Crippen LogP contribution in [0.25, 0.3) is 11.0 Å². The van der Waals surface area contributed by atoms with E-state index in [0.29, 0.717) is 5.39 Å². The summed E-state index contributed by atoms with van der Waals surface area (Å²) in [6.07, 6.45) is -1.08. The number of ether oxygens (including phenoxy) is 2. The Morgan fingerprint density at radius 3 is 2.60 bits per heavy atom. The number of hydrogen-bond acceptors (Lipinski definition) is 9. The minimum absolute atomic E-state index is 0.102. The zero-order chi connectivity index (χ0) is 22.3. The number of allylic oxidation sites excluding steroid dienone is 1. The van der Waals surface area contributed by atoms with Gasteiger partial charge in [-0.15, -0.1) is 0 Å². The normalized spacial score (nSPS) is 21.0. The fourth-order valence-electron chi connectivity index (χ4n) is 3.03. The predicted molar refractivity (Wildman–Crippen MR) is 103 cm³/mol. The molecule has 0 bridgehead atoms. The Balaban J connectivity index is 2.11. The summed E-state index contributed by atoms with van der Waals surface area (Å²) in [4.78, 5) is 24.2. The van der Waals surface area contributed by atoms with Gasteiger partial charge < -0.3 is 19.0 Å². The van der Waals surface area contributed by atoms with Crippen LogP contribution < -0.4 is 10.4 Å². The molecule has 0 saturated carbocycles. The Kier molecular flexibility index (Phi) is 5.74. The molecule has 0 spiro atoms. The van der Waals surface area contributed by atoms with Gasteiger partial charge in [-0.3, -0.25) is 4.55 Å². The monoisotopic (exact) mass is 440 g/mol. The molecule has 10 nitrogen and oxygen atoms in total. The van der Waals surface area contributed by atoms with Crippen LogP contribution in [-0.2, 0) is 24.1 Å². The van der Waals surface area contributed by atoms with E-state index >= 15 is 0 Å². The maximum atomic E-state index is 12.4. The summed E-state index contributed by atoms with van der Waals surface area (Å²) >= 11 is 0. The lowest BCUT2D eigenvalue weighted by molar-refractivity contribution is -0.159. The number of carbonyl (C=O) groups is 1. The van der Waals surface area contributed by atoms with Gasteiger partial charge in [0, 0.05) is 17.0 Å². The lowest BCUT2D eigenvalue weighted by atomic mass is 9.92. The van der Waals surface area contributed by atoms with Crippen molar-refractivity contribution in [1.82, 2.24) is 0 Å². The van der Waals surface area contributed by atoms with Crippen molar-refractivity contribution in [2.75, 3.05) is 6.61 Å². The highest BCUT2D eigenvalue weighted by molar-refractivity contribution is 7.80. The first-order valence-electron chi connectivity index (χ1n) is 8.84. The van der Waals surface area contributed by atoms with Crippen LogP contribution in [0.4, 0.5) is 0 Å². The maximum absolute atomic E-state index is 12.4. The van der Waals surface area contributed by atoms with Crippen molar-refractivity contribution in [2.24, 2.45) is 0 Å². The van der Waals surface area contributed by atoms with E-state index in [4.69, 9.17) is 18.4 Å². The fraction of sp³-hybridized carbons (Fsp3) is 0.368. The van der Waals surface area contributed by atoms with Gasteiger partial charge in [0.2, 0.25) is 0 Å². The van der Waals surface area contributed by atoms with Crippen LogP contribution in [0.15, 0.2) is 45.1 Å². The van der Waals surface area contributed by atoms with Gasteiger partial charge in [0.05, 0.1) is 5.56 Å². The lowest BCUT2D eigenvalue weighted by Gasteiger charge is -2.32. The molecule has 0 aliphatic carbocycles. The minimum atomic E-state index is -4.84. The highest BCUT2D eigenvalue weighted by atomic mass is 32.3. The Hall–Kier alpha value is -2.73. The van der Waals surface area contributed by atoms with Crippen LogP contribution in [0.1, 0.15) is 32.4 Å². The van der Waals surface area contributed by atoms with Crippen LogP contribution >= 0.6 is 0 Å². The molecule has 1 aromatic carbocycles. The molecule has 1 aliphatic heterocycles. The molecule has 2 N–H and O–H groups in total. The average Bonchev–Trinajstić information content (AvgIpc) is 3.05. The zero-order valence-corrected chi connectivity index (χ0v) is 17.1. The molecule has 2 heterocycles. The first kappa shape index (κ1) is 22.0. The second-order valence-corrected chi connectivity index (χ2v) is 8.12. The Labute approximate surface area is 171 Å². The summed E-state index contributed by atoms with van der Waals surface area (Å²) < 4.78 is 51.6. The summed E-state index contributed by atoms with van der Waals surface area (Å²) in [6, 6.07) is 5.90. The second-order valence-electron chi connectivity index (χ2n) is 7.03. The van der Waals surface area contributed by atoms with Crippen LogP contribution in [0, 0.1) is 0 Å². The molecule has 0 radical (unpaired) electrons. The van der Waals surface area contributed by atoms with Gasteiger partial charge in [-0.25, -0.2) is 13.8 Å². The zero-order valence-electron chi connectivity index (χ0n) is 16.3. The quantitative estimate of drug-likeness (QED) is 0.294. The smallest absolute Gasteiger partial charge is 0.397 e. The largest absolute Gasteiger partial charge is 0.482 e. The number of fused-ring (bicyclic) bond motifs is 3. The van der Waals surface area contributed by atoms with Gasteiger partial charge in [0.25, 0.3) is 0 Å². The highest BCUT2D eigenvalue weighted by Gasteiger charge is 2.50. The number of benzene rings is 1. The van der Waals surface area contributed by atoms with Gasteiger partial charge in [-0.2, -0.15) is 8.42 Å². The van der Waals surface area contributed by atoms with Crippen molar-refractivity contribution in [2.45, 2.75) is 38.6 Å². The van der Waals surface area contributed by atoms with Crippen molar-refractivity contribution in [3.05, 3.63) is 51.9 Å². The third-order valence-electron chi connectivity index (χ3n) is 4.70. The van der Waals surface area contributed by atoms with Crippen molar-refractivity contribution < 1.29 is 40.9 Å². The Bertz CT molecular complexity index is 1180. The van der Waals surface area contributed by atoms with E-state index in [-0.39, 0.29) is 22.5 Å². The number of esters is 1. The van der Waals surface area contributed by atoms with Gasteiger partial charge in [0.1, 0.15) is 23.5 Å². The van der Waals surface area contributed by atoms with Gasteiger partial charge in [-0.05, 0) is 39.0 Å². The van der Waals surface area contributed by atoms with Crippen molar-refractivity contribution in [1.29, 1.82) is 0 Å². The number of hydrogen-bond donors (Lipinski definition) is 2. The standard InChI is InChI=1S/C19H20O10S/c1-4-10(2)18(21)29-16-14-12(7-5-11-6-8-13(20)28-15(11)14)27-17(16)19(3,22)9-26-30(23,24)25/h4-8,16-17,22H,9H2,1-3H3,(H,23,24,25)/b10-4+. The lowest BCUT2D eigenvalue weighted by Crippen LogP contribution is -2.49. The summed E-state index contributed by atoms with van der Waals surface area (Å²) in [5.41, 5.74) is -2.09. The Morgan fingerprint density at radius 1 is 1.30 bits per heavy atom. The van der Waals surface area contributed by atoms with Crippen molar-refractivity contribution in [3.63, 3.8) is 0 Å². The number of aliphatic hydroxyl groups is 1. The van der Waals surface area contributed by atoms with Crippen molar-refractivity contribution in [3.8, 4) is 5.75 Å². The van der Waals surface area contributed by atoms with Crippen LogP contribution in [0.3, 0.4) is 0 Å². The molecule has 30 heavy (non-hydrogen) atoms. The van der Waals surface area contributed by atoms with Gasteiger partial charge in [-0.1, -0.05) is 6.08 Å². The van der Waals surface area contributed by atoms with Gasteiger partial charge in [0.15, 0.2) is 12.2 Å². The topological polar surface area (TPSA) is 150 Å². The summed E-state index contributed by atoms with van der Waals surface area (Å²) in [5.74, 6) is -0.546. The van der Waals surface area contributed by atoms with Gasteiger partial charge >= 0.3 is 22.0 Å². The Morgan fingerprint density at radius 2 is 1.97 bits per heavy atom. The first-order chi connectivity index (χ1) is 13.9. The van der Waals surface area contributed by atoms with E-state index in [1.54, 1.807) is 19.1 Å². The molecule has 1 aliphatic rings. The van der Waals surface area contributed by atoms with Crippen molar-refractivity contribution >= 4 is 27.3 Å². The molecule has 0 fully saturated rings. The molecule has 1 aromatic heterocycles. The van der Waals surface area contributed by atoms with E-state index in [1.807, 2.05) is 0 Å². The third-order valence-corrected chi connectivity index (χ3v) is 5.12. The average molecular weight is 440 g/mol. The molecule has 3 rings (SSSR count). The molecule has 0 amide bonds. The van der Waals surface area contributed by atoms with E-state index in [1.165, 1.54) is 32.1 Å². The SMILES string of the molecule is C/C=C(\C)C(=O)OC1c2c(ccc3ccc(=O)oc23)OC1C(C)(O)COS(=O)(=O)O. The molecular weight excluding hydrogens is 420 g/mol. The molecule has 0 saturated heterocycles. The number of carbonyl (C=O) groups excluding carboxylic acids is 1. The summed E-state index contributed by atoms with van der Waals surface area (Å²) in [7, 11) is -4.84. The molecule has 162 valence electrons. The van der Waals surface area contributed by atoms with Crippen LogP contribution in [-0.4, -0.2) is 42.4 Å². The van der Waals surface area contributed by atoms with E-state index in [2.05, 4.69) is 4.18 Å². The molecule has 3 unspecified atom stereocenters. The van der Waals surface area contributed by atoms with Crippen LogP contribution in [0.5, 0.6) is 5.75 Å². The van der Waals surface area contributed by atoms with Crippen LogP contribution in [0.2, 0.25) is 0 Å². The van der Waals surface area contributed by atoms with E-state index in [0.717, 1.165) is 0 Å². The molecule has 2 aromatic rings. The highest BCUT2D eigenvalue weighted by Crippen LogP contribution is 2.46. The fourth-order valence-corrected chi connectivity index (χ4v) is 3.42. The number of rotatable bonds is 6. The third kappa shape index (κ3) is 4.38. The van der Waals surface area contributed by atoms with E-state index in [9.17, 15) is 23.1 Å². The minimum Gasteiger partial charge on any atom is -0.482 e. The molecule has 3 atom stereocenters. The molecular formula is C19H20O10S. The predicted octanol–water partition coefficient (Wildman–Crippen LogP) is 1.67. The maximum Gasteiger partial charge on any atom is 0.397 e. The van der Waals surface area contributed by atoms with E-state index < -0.39 is 46.4 Å². The second kappa shape index (κ2) is 7.84.